The van der Waals surface area contributed by atoms with Crippen LogP contribution in [-0.2, 0) is 10.3 Å². The molecule has 2 N–H and O–H groups in total. The topological polar surface area (TPSA) is 78.9 Å². The number of imide groups is 1. The number of nitrogens with zero attached hydrogens (tertiary/aromatic N) is 1. The molecular weight excluding hydrogens is 356 g/mol. The van der Waals surface area contributed by atoms with Crippen LogP contribution in [-0.4, -0.2) is 41.2 Å². The molecule has 1 aliphatic heterocycles. The second-order valence-corrected chi connectivity index (χ2v) is 7.52. The largest absolute Gasteiger partial charge is 0.490 e. The summed E-state index contributed by atoms with van der Waals surface area (Å²) in [6.07, 6.45) is -0.992. The van der Waals surface area contributed by atoms with E-state index in [0.29, 0.717) is 11.3 Å². The van der Waals surface area contributed by atoms with Gasteiger partial charge in [0.2, 0.25) is 0 Å². The second kappa shape index (κ2) is 7.64. The molecule has 0 saturated carbocycles. The van der Waals surface area contributed by atoms with Crippen LogP contribution in [0.2, 0.25) is 0 Å². The van der Waals surface area contributed by atoms with Gasteiger partial charge in [0.05, 0.1) is 6.54 Å². The van der Waals surface area contributed by atoms with Crippen LogP contribution < -0.4 is 10.1 Å². The number of nitrogens with one attached hydrogen (secondary N) is 1. The molecule has 28 heavy (non-hydrogen) atoms. The van der Waals surface area contributed by atoms with Crippen molar-refractivity contribution in [2.75, 3.05) is 13.2 Å². The summed E-state index contributed by atoms with van der Waals surface area (Å²) in [6.45, 7) is 7.36. The number of ether oxygens (including phenoxy) is 1. The third kappa shape index (κ3) is 3.73. The van der Waals surface area contributed by atoms with Gasteiger partial charge in [0.15, 0.2) is 0 Å². The lowest BCUT2D eigenvalue weighted by Crippen LogP contribution is -2.42. The number of carbonyl (C=O) groups excluding carboxylic acids is 2. The summed E-state index contributed by atoms with van der Waals surface area (Å²) in [5, 5.41) is 13.1. The number of aryl methyl sites for hydroxylation is 3. The molecule has 148 valence electrons. The zero-order chi connectivity index (χ0) is 20.5. The zero-order valence-electron chi connectivity index (χ0n) is 16.7. The van der Waals surface area contributed by atoms with Crippen molar-refractivity contribution in [3.63, 3.8) is 0 Å². The van der Waals surface area contributed by atoms with E-state index in [1.165, 1.54) is 0 Å². The lowest BCUT2D eigenvalue weighted by Gasteiger charge is -2.23. The van der Waals surface area contributed by atoms with Gasteiger partial charge in [-0.05, 0) is 44.4 Å². The van der Waals surface area contributed by atoms with Gasteiger partial charge in [-0.2, -0.15) is 0 Å². The van der Waals surface area contributed by atoms with E-state index >= 15 is 0 Å². The normalized spacial score (nSPS) is 20.2. The molecule has 6 heteroatoms. The quantitative estimate of drug-likeness (QED) is 0.753. The van der Waals surface area contributed by atoms with Gasteiger partial charge in [-0.25, -0.2) is 4.79 Å². The third-order valence-corrected chi connectivity index (χ3v) is 5.13. The van der Waals surface area contributed by atoms with E-state index in [4.69, 9.17) is 4.74 Å². The predicted octanol–water partition coefficient (Wildman–Crippen LogP) is 2.82. The molecule has 0 unspecified atom stereocenters. The van der Waals surface area contributed by atoms with Crippen molar-refractivity contribution in [2.24, 2.45) is 0 Å². The van der Waals surface area contributed by atoms with E-state index in [1.807, 2.05) is 63.2 Å². The molecule has 2 aromatic carbocycles. The number of amides is 3. The molecule has 1 aliphatic rings. The first kappa shape index (κ1) is 19.9. The molecule has 0 bridgehead atoms. The maximum Gasteiger partial charge on any atom is 0.325 e. The maximum atomic E-state index is 12.9. The number of hydrogen-bond acceptors (Lipinski definition) is 4. The highest BCUT2D eigenvalue weighted by molar-refractivity contribution is 6.07. The predicted molar refractivity (Wildman–Crippen MR) is 106 cm³/mol. The van der Waals surface area contributed by atoms with Crippen LogP contribution in [0.15, 0.2) is 42.5 Å². The Bertz CT molecular complexity index is 874. The number of aliphatic hydroxyl groups excluding tert-OH is 1. The summed E-state index contributed by atoms with van der Waals surface area (Å²) < 4.78 is 5.74. The van der Waals surface area contributed by atoms with Crippen molar-refractivity contribution in [2.45, 2.75) is 39.3 Å². The van der Waals surface area contributed by atoms with E-state index in [0.717, 1.165) is 21.6 Å². The van der Waals surface area contributed by atoms with Gasteiger partial charge in [0.1, 0.15) is 24.0 Å². The Balaban J connectivity index is 1.68. The van der Waals surface area contributed by atoms with E-state index < -0.39 is 17.7 Å². The smallest absolute Gasteiger partial charge is 0.325 e. The summed E-state index contributed by atoms with van der Waals surface area (Å²) in [5.74, 6) is 0.329. The highest BCUT2D eigenvalue weighted by Gasteiger charge is 2.49. The lowest BCUT2D eigenvalue weighted by atomic mass is 9.91. The van der Waals surface area contributed by atoms with Gasteiger partial charge in [0.25, 0.3) is 5.91 Å². The Morgan fingerprint density at radius 1 is 1.07 bits per heavy atom. The van der Waals surface area contributed by atoms with Crippen LogP contribution in [0, 0.1) is 20.8 Å². The number of carbonyl (C=O) groups is 2. The van der Waals surface area contributed by atoms with Crippen LogP contribution in [0.4, 0.5) is 4.79 Å². The monoisotopic (exact) mass is 382 g/mol. The number of urea groups is 1. The zero-order valence-corrected chi connectivity index (χ0v) is 16.7. The fraction of sp³-hybridized carbons (Fsp3) is 0.364. The summed E-state index contributed by atoms with van der Waals surface area (Å²) >= 11 is 0. The van der Waals surface area contributed by atoms with Gasteiger partial charge in [0, 0.05) is 0 Å². The van der Waals surface area contributed by atoms with Crippen LogP contribution in [0.1, 0.15) is 29.2 Å². The average Bonchev–Trinajstić information content (AvgIpc) is 2.86. The molecule has 0 aromatic heterocycles. The second-order valence-electron chi connectivity index (χ2n) is 7.52. The molecule has 2 aromatic rings. The highest BCUT2D eigenvalue weighted by Crippen LogP contribution is 2.29. The van der Waals surface area contributed by atoms with Gasteiger partial charge in [-0.15, -0.1) is 0 Å². The van der Waals surface area contributed by atoms with Gasteiger partial charge in [-0.1, -0.05) is 48.0 Å². The van der Waals surface area contributed by atoms with E-state index in [9.17, 15) is 14.7 Å². The fourth-order valence-electron chi connectivity index (χ4n) is 3.42. The van der Waals surface area contributed by atoms with Crippen molar-refractivity contribution >= 4 is 11.9 Å². The van der Waals surface area contributed by atoms with Crippen molar-refractivity contribution in [3.05, 3.63) is 64.7 Å². The van der Waals surface area contributed by atoms with Crippen molar-refractivity contribution in [1.29, 1.82) is 0 Å². The summed E-state index contributed by atoms with van der Waals surface area (Å²) in [5.41, 5.74) is 2.57. The molecule has 0 spiro atoms. The Morgan fingerprint density at radius 2 is 1.68 bits per heavy atom. The molecule has 2 atom stereocenters. The SMILES string of the molecule is Cc1ccc([C@@]2(C)NC(=O)N(C[C@H](O)COc3c(C)cccc3C)C2=O)cc1. The summed E-state index contributed by atoms with van der Waals surface area (Å²) in [6, 6.07) is 12.7. The number of β-amino-alcohol motifs (C(OH)–C–C–N with tert-alkyl or cyclic N) is 1. The fourth-order valence-corrected chi connectivity index (χ4v) is 3.42. The van der Waals surface area contributed by atoms with E-state index in [-0.39, 0.29) is 19.1 Å². The molecule has 0 radical (unpaired) electrons. The van der Waals surface area contributed by atoms with Crippen LogP contribution in [0.3, 0.4) is 0 Å². The van der Waals surface area contributed by atoms with Crippen molar-refractivity contribution in [3.8, 4) is 5.75 Å². The van der Waals surface area contributed by atoms with Gasteiger partial charge in [-0.3, -0.25) is 9.69 Å². The maximum absolute atomic E-state index is 12.9. The molecule has 6 nitrogen and oxygen atoms in total. The van der Waals surface area contributed by atoms with Crippen LogP contribution in [0.5, 0.6) is 5.75 Å². The number of rotatable bonds is 6. The molecule has 3 amide bonds. The molecule has 3 rings (SSSR count). The molecule has 1 fully saturated rings. The first-order valence-corrected chi connectivity index (χ1v) is 9.30. The standard InChI is InChI=1S/C22H26N2O4/c1-14-8-10-17(11-9-14)22(4)20(26)24(21(27)23-22)12-18(25)13-28-19-15(2)6-5-7-16(19)3/h5-11,18,25H,12-13H2,1-4H3,(H,23,27)/t18-,22+/m0/s1. The van der Waals surface area contributed by atoms with Crippen LogP contribution in [0.25, 0.3) is 0 Å². The Labute approximate surface area is 165 Å². The van der Waals surface area contributed by atoms with E-state index in [2.05, 4.69) is 5.32 Å². The van der Waals surface area contributed by atoms with Crippen molar-refractivity contribution < 1.29 is 19.4 Å². The highest BCUT2D eigenvalue weighted by atomic mass is 16.5. The lowest BCUT2D eigenvalue weighted by molar-refractivity contribution is -0.132. The first-order valence-electron chi connectivity index (χ1n) is 9.30. The minimum atomic E-state index is -1.14. The minimum absolute atomic E-state index is 0.00992. The molecule has 1 heterocycles. The molecule has 1 saturated heterocycles. The summed E-state index contributed by atoms with van der Waals surface area (Å²) in [7, 11) is 0. The number of aliphatic hydroxyl groups is 1. The van der Waals surface area contributed by atoms with Gasteiger partial charge < -0.3 is 15.2 Å². The Morgan fingerprint density at radius 3 is 2.29 bits per heavy atom. The first-order chi connectivity index (χ1) is 13.2. The Kier molecular flexibility index (Phi) is 5.42. The Hall–Kier alpha value is -2.86. The van der Waals surface area contributed by atoms with E-state index in [1.54, 1.807) is 6.92 Å². The van der Waals surface area contributed by atoms with Gasteiger partial charge >= 0.3 is 6.03 Å². The summed E-state index contributed by atoms with van der Waals surface area (Å²) in [4.78, 5) is 26.4. The molecule has 0 aliphatic carbocycles. The average molecular weight is 382 g/mol. The van der Waals surface area contributed by atoms with Crippen LogP contribution >= 0.6 is 0 Å². The van der Waals surface area contributed by atoms with Crippen molar-refractivity contribution in [1.82, 2.24) is 10.2 Å². The number of hydrogen-bond donors (Lipinski definition) is 2. The minimum Gasteiger partial charge on any atom is -0.490 e. The number of benzene rings is 2. The third-order valence-electron chi connectivity index (χ3n) is 5.13. The number of para-hydroxylation sites is 1. The molecular formula is C22H26N2O4.